The molecule has 1 N–H and O–H groups in total. The predicted octanol–water partition coefficient (Wildman–Crippen LogP) is 3.03. The van der Waals surface area contributed by atoms with Crippen molar-refractivity contribution in [3.8, 4) is 0 Å². The van der Waals surface area contributed by atoms with Crippen molar-refractivity contribution >= 4 is 16.1 Å². The normalized spacial score (nSPS) is 19.2. The molecule has 1 aromatic carbocycles. The average molecular weight is 390 g/mol. The number of nitrogens with one attached hydrogen (secondary N) is 1. The van der Waals surface area contributed by atoms with Gasteiger partial charge < -0.3 is 10.1 Å². The first-order valence-electron chi connectivity index (χ1n) is 8.44. The summed E-state index contributed by atoms with van der Waals surface area (Å²) in [6.07, 6.45) is 1.33. The summed E-state index contributed by atoms with van der Waals surface area (Å²) in [5.41, 5.74) is -0.665. The van der Waals surface area contributed by atoms with E-state index in [4.69, 9.17) is 4.74 Å². The molecule has 1 unspecified atom stereocenters. The van der Waals surface area contributed by atoms with Crippen molar-refractivity contribution in [2.45, 2.75) is 56.6 Å². The van der Waals surface area contributed by atoms with Gasteiger partial charge in [-0.1, -0.05) is 6.42 Å². The van der Waals surface area contributed by atoms with Gasteiger partial charge in [-0.15, -0.1) is 0 Å². The van der Waals surface area contributed by atoms with E-state index in [-0.39, 0.29) is 13.1 Å². The molecule has 1 aliphatic rings. The van der Waals surface area contributed by atoms with Crippen LogP contribution in [-0.4, -0.2) is 43.5 Å². The minimum atomic E-state index is -4.08. The molecule has 0 saturated carbocycles. The standard InChI is InChI=1S/C17H24F2N2O4S/c1-17(2,3)25-16(22)20-11-14-6-4-5-7-21(14)26(23,24)15-9-12(18)8-13(19)10-15/h8-10,14H,4-7,11H2,1-3H3,(H,20,22). The van der Waals surface area contributed by atoms with Gasteiger partial charge in [0.1, 0.15) is 17.2 Å². The van der Waals surface area contributed by atoms with Gasteiger partial charge in [-0.3, -0.25) is 0 Å². The van der Waals surface area contributed by atoms with Gasteiger partial charge in [-0.25, -0.2) is 22.0 Å². The van der Waals surface area contributed by atoms with E-state index >= 15 is 0 Å². The molecule has 9 heteroatoms. The molecule has 1 fully saturated rings. The number of halogens is 2. The maximum Gasteiger partial charge on any atom is 0.407 e. The number of hydrogen-bond donors (Lipinski definition) is 1. The van der Waals surface area contributed by atoms with E-state index in [1.807, 2.05) is 0 Å². The minimum absolute atomic E-state index is 0.0614. The number of hydrogen-bond acceptors (Lipinski definition) is 4. The van der Waals surface area contributed by atoms with Crippen molar-refractivity contribution in [3.05, 3.63) is 29.8 Å². The zero-order valence-electron chi connectivity index (χ0n) is 15.1. The zero-order valence-corrected chi connectivity index (χ0v) is 15.9. The topological polar surface area (TPSA) is 75.7 Å². The molecule has 0 radical (unpaired) electrons. The average Bonchev–Trinajstić information content (AvgIpc) is 2.50. The zero-order chi connectivity index (χ0) is 19.5. The summed E-state index contributed by atoms with van der Waals surface area (Å²) < 4.78 is 58.9. The Bertz CT molecular complexity index is 742. The Hall–Kier alpha value is -1.74. The van der Waals surface area contributed by atoms with Gasteiger partial charge >= 0.3 is 6.09 Å². The van der Waals surface area contributed by atoms with Gasteiger partial charge in [0.05, 0.1) is 4.90 Å². The first-order chi connectivity index (χ1) is 12.0. The van der Waals surface area contributed by atoms with Crippen molar-refractivity contribution in [2.75, 3.05) is 13.1 Å². The largest absolute Gasteiger partial charge is 0.444 e. The van der Waals surface area contributed by atoms with Crippen LogP contribution in [0.25, 0.3) is 0 Å². The van der Waals surface area contributed by atoms with Gasteiger partial charge in [0, 0.05) is 25.2 Å². The van der Waals surface area contributed by atoms with Gasteiger partial charge in [0.2, 0.25) is 10.0 Å². The number of carbonyl (C=O) groups is 1. The third-order valence-corrected chi connectivity index (χ3v) is 5.83. The molecule has 2 rings (SSSR count). The summed E-state index contributed by atoms with van der Waals surface area (Å²) in [7, 11) is -4.08. The molecule has 1 aromatic rings. The van der Waals surface area contributed by atoms with Crippen molar-refractivity contribution in [1.82, 2.24) is 9.62 Å². The molecule has 0 aromatic heterocycles. The summed E-state index contributed by atoms with van der Waals surface area (Å²) in [4.78, 5) is 11.4. The second kappa shape index (κ2) is 7.87. The van der Waals surface area contributed by atoms with Crippen LogP contribution in [0.1, 0.15) is 40.0 Å². The highest BCUT2D eigenvalue weighted by Crippen LogP contribution is 2.26. The number of benzene rings is 1. The van der Waals surface area contributed by atoms with Crippen molar-refractivity contribution in [2.24, 2.45) is 0 Å². The number of sulfonamides is 1. The van der Waals surface area contributed by atoms with E-state index in [0.29, 0.717) is 18.9 Å². The number of ether oxygens (including phenoxy) is 1. The molecule has 1 amide bonds. The molecular weight excluding hydrogens is 366 g/mol. The number of alkyl carbamates (subject to hydrolysis) is 1. The monoisotopic (exact) mass is 390 g/mol. The lowest BCUT2D eigenvalue weighted by Crippen LogP contribution is -2.49. The van der Waals surface area contributed by atoms with E-state index in [2.05, 4.69) is 5.32 Å². The fourth-order valence-corrected chi connectivity index (χ4v) is 4.56. The number of amides is 1. The van der Waals surface area contributed by atoms with Crippen LogP contribution >= 0.6 is 0 Å². The summed E-state index contributed by atoms with van der Waals surface area (Å²) in [6.45, 7) is 5.46. The number of rotatable bonds is 4. The van der Waals surface area contributed by atoms with Gasteiger partial charge in [0.25, 0.3) is 0 Å². The molecular formula is C17H24F2N2O4S. The SMILES string of the molecule is CC(C)(C)OC(=O)NCC1CCCCN1S(=O)(=O)c1cc(F)cc(F)c1. The lowest BCUT2D eigenvalue weighted by atomic mass is 10.1. The van der Waals surface area contributed by atoms with Gasteiger partial charge in [-0.05, 0) is 45.7 Å². The third kappa shape index (κ3) is 5.38. The number of carbonyl (C=O) groups excluding carboxylic acids is 1. The molecule has 1 aliphatic heterocycles. The van der Waals surface area contributed by atoms with E-state index in [1.165, 1.54) is 4.31 Å². The Morgan fingerprint density at radius 3 is 2.42 bits per heavy atom. The molecule has 1 atom stereocenters. The fraction of sp³-hybridized carbons (Fsp3) is 0.588. The van der Waals surface area contributed by atoms with Crippen LogP contribution in [-0.2, 0) is 14.8 Å². The Morgan fingerprint density at radius 2 is 1.85 bits per heavy atom. The maximum absolute atomic E-state index is 13.4. The lowest BCUT2D eigenvalue weighted by molar-refractivity contribution is 0.0512. The van der Waals surface area contributed by atoms with E-state index < -0.39 is 44.3 Å². The second-order valence-corrected chi connectivity index (χ2v) is 9.14. The predicted molar refractivity (Wildman–Crippen MR) is 92.1 cm³/mol. The highest BCUT2D eigenvalue weighted by atomic mass is 32.2. The highest BCUT2D eigenvalue weighted by molar-refractivity contribution is 7.89. The third-order valence-electron chi connectivity index (χ3n) is 3.90. The Balaban J connectivity index is 2.15. The lowest BCUT2D eigenvalue weighted by Gasteiger charge is -2.35. The maximum atomic E-state index is 13.4. The van der Waals surface area contributed by atoms with E-state index in [1.54, 1.807) is 20.8 Å². The summed E-state index contributed by atoms with van der Waals surface area (Å²) in [5, 5.41) is 2.57. The highest BCUT2D eigenvalue weighted by Gasteiger charge is 2.34. The van der Waals surface area contributed by atoms with Gasteiger partial charge in [0.15, 0.2) is 0 Å². The van der Waals surface area contributed by atoms with Crippen LogP contribution < -0.4 is 5.32 Å². The Morgan fingerprint density at radius 1 is 1.23 bits per heavy atom. The van der Waals surface area contributed by atoms with E-state index in [0.717, 1.165) is 18.6 Å². The number of piperidine rings is 1. The summed E-state index contributed by atoms with van der Waals surface area (Å²) in [5.74, 6) is -1.91. The Labute approximate surface area is 152 Å². The van der Waals surface area contributed by atoms with Crippen LogP contribution in [0.4, 0.5) is 13.6 Å². The summed E-state index contributed by atoms with van der Waals surface area (Å²) >= 11 is 0. The second-order valence-electron chi connectivity index (χ2n) is 7.25. The van der Waals surface area contributed by atoms with Crippen LogP contribution in [0.5, 0.6) is 0 Å². The fourth-order valence-electron chi connectivity index (χ4n) is 2.82. The first-order valence-corrected chi connectivity index (χ1v) is 9.88. The van der Waals surface area contributed by atoms with Crippen LogP contribution in [0.2, 0.25) is 0 Å². The molecule has 6 nitrogen and oxygen atoms in total. The minimum Gasteiger partial charge on any atom is -0.444 e. The molecule has 146 valence electrons. The molecule has 1 heterocycles. The van der Waals surface area contributed by atoms with Crippen LogP contribution in [0.15, 0.2) is 23.1 Å². The van der Waals surface area contributed by atoms with Crippen molar-refractivity contribution in [3.63, 3.8) is 0 Å². The number of nitrogens with zero attached hydrogens (tertiary/aromatic N) is 1. The first kappa shape index (κ1) is 20.6. The summed E-state index contributed by atoms with van der Waals surface area (Å²) in [6, 6.07) is 1.71. The molecule has 0 spiro atoms. The van der Waals surface area contributed by atoms with Gasteiger partial charge in [-0.2, -0.15) is 4.31 Å². The van der Waals surface area contributed by atoms with Crippen LogP contribution in [0.3, 0.4) is 0 Å². The molecule has 0 bridgehead atoms. The van der Waals surface area contributed by atoms with E-state index in [9.17, 15) is 22.0 Å². The molecule has 0 aliphatic carbocycles. The molecule has 26 heavy (non-hydrogen) atoms. The quantitative estimate of drug-likeness (QED) is 0.857. The molecule has 1 saturated heterocycles. The van der Waals surface area contributed by atoms with Crippen molar-refractivity contribution < 1.29 is 26.7 Å². The Kier molecular flexibility index (Phi) is 6.23. The van der Waals surface area contributed by atoms with Crippen molar-refractivity contribution in [1.29, 1.82) is 0 Å². The smallest absolute Gasteiger partial charge is 0.407 e. The van der Waals surface area contributed by atoms with Crippen LogP contribution in [0, 0.1) is 11.6 Å².